The number of hydrogen-bond donors (Lipinski definition) is 2. The van der Waals surface area contributed by atoms with Crippen LogP contribution in [0.1, 0.15) is 5.56 Å². The lowest BCUT2D eigenvalue weighted by atomic mass is 10.2. The first-order chi connectivity index (χ1) is 12.2. The monoisotopic (exact) mass is 348 g/mol. The number of furan rings is 1. The van der Waals surface area contributed by atoms with Gasteiger partial charge in [0.1, 0.15) is 11.3 Å². The molecule has 0 aliphatic rings. The SMILES string of the molecule is Cc1ccccc1Nc1oc2cc(Cl)ccc2c1Nc1ccccc1. The molecule has 0 aliphatic carbocycles. The first-order valence-electron chi connectivity index (χ1n) is 8.07. The van der Waals surface area contributed by atoms with Crippen LogP contribution in [0.4, 0.5) is 22.9 Å². The van der Waals surface area contributed by atoms with Gasteiger partial charge < -0.3 is 15.1 Å². The molecule has 0 fully saturated rings. The molecule has 3 nitrogen and oxygen atoms in total. The summed E-state index contributed by atoms with van der Waals surface area (Å²) >= 11 is 6.13. The Kier molecular flexibility index (Phi) is 4.08. The quantitative estimate of drug-likeness (QED) is 0.422. The molecule has 4 aromatic rings. The van der Waals surface area contributed by atoms with Crippen molar-refractivity contribution in [1.29, 1.82) is 0 Å². The van der Waals surface area contributed by atoms with E-state index in [1.165, 1.54) is 0 Å². The van der Waals surface area contributed by atoms with Gasteiger partial charge in [-0.2, -0.15) is 0 Å². The number of rotatable bonds is 4. The normalized spacial score (nSPS) is 10.8. The van der Waals surface area contributed by atoms with E-state index in [0.717, 1.165) is 33.6 Å². The number of halogens is 1. The van der Waals surface area contributed by atoms with Gasteiger partial charge in [0.25, 0.3) is 0 Å². The summed E-state index contributed by atoms with van der Waals surface area (Å²) in [4.78, 5) is 0. The molecular formula is C21H17ClN2O. The molecule has 3 aromatic carbocycles. The van der Waals surface area contributed by atoms with Crippen molar-refractivity contribution in [3.8, 4) is 0 Å². The number of para-hydroxylation sites is 2. The van der Waals surface area contributed by atoms with Gasteiger partial charge in [0.05, 0.1) is 0 Å². The molecule has 0 bridgehead atoms. The van der Waals surface area contributed by atoms with E-state index in [0.29, 0.717) is 10.9 Å². The van der Waals surface area contributed by atoms with Crippen LogP contribution in [0.25, 0.3) is 11.0 Å². The number of benzene rings is 3. The third-order valence-corrected chi connectivity index (χ3v) is 4.32. The van der Waals surface area contributed by atoms with Crippen molar-refractivity contribution in [3.05, 3.63) is 83.4 Å². The van der Waals surface area contributed by atoms with Crippen LogP contribution in [0.2, 0.25) is 5.02 Å². The summed E-state index contributed by atoms with van der Waals surface area (Å²) in [5.41, 5.74) is 4.77. The molecule has 25 heavy (non-hydrogen) atoms. The number of fused-ring (bicyclic) bond motifs is 1. The standard InChI is InChI=1S/C21H17ClN2O/c1-14-7-5-6-10-18(14)24-21-20(23-16-8-3-2-4-9-16)17-12-11-15(22)13-19(17)25-21/h2-13,23-24H,1H3. The highest BCUT2D eigenvalue weighted by Gasteiger charge is 2.16. The average molecular weight is 349 g/mol. The second-order valence-corrected chi connectivity index (χ2v) is 6.31. The third kappa shape index (κ3) is 3.19. The summed E-state index contributed by atoms with van der Waals surface area (Å²) in [6.45, 7) is 2.06. The zero-order chi connectivity index (χ0) is 17.2. The Morgan fingerprint density at radius 3 is 2.40 bits per heavy atom. The Morgan fingerprint density at radius 2 is 1.60 bits per heavy atom. The first kappa shape index (κ1) is 15.6. The van der Waals surface area contributed by atoms with Crippen molar-refractivity contribution in [2.75, 3.05) is 10.6 Å². The van der Waals surface area contributed by atoms with E-state index >= 15 is 0 Å². The lowest BCUT2D eigenvalue weighted by Gasteiger charge is -2.10. The topological polar surface area (TPSA) is 37.2 Å². The van der Waals surface area contributed by atoms with E-state index in [4.69, 9.17) is 16.0 Å². The average Bonchev–Trinajstić information content (AvgIpc) is 2.94. The second-order valence-electron chi connectivity index (χ2n) is 5.88. The summed E-state index contributed by atoms with van der Waals surface area (Å²) < 4.78 is 6.05. The van der Waals surface area contributed by atoms with Crippen molar-refractivity contribution in [3.63, 3.8) is 0 Å². The molecule has 0 unspecified atom stereocenters. The first-order valence-corrected chi connectivity index (χ1v) is 8.45. The van der Waals surface area contributed by atoms with Gasteiger partial charge in [0.2, 0.25) is 5.88 Å². The van der Waals surface area contributed by atoms with Crippen LogP contribution in [0.15, 0.2) is 77.2 Å². The van der Waals surface area contributed by atoms with Crippen LogP contribution >= 0.6 is 11.6 Å². The van der Waals surface area contributed by atoms with Crippen LogP contribution < -0.4 is 10.6 Å². The number of aryl methyl sites for hydroxylation is 1. The van der Waals surface area contributed by atoms with Crippen molar-refractivity contribution in [2.45, 2.75) is 6.92 Å². The largest absolute Gasteiger partial charge is 0.438 e. The molecule has 4 heteroatoms. The second kappa shape index (κ2) is 6.54. The molecule has 4 rings (SSSR count). The van der Waals surface area contributed by atoms with Crippen LogP contribution in [0.3, 0.4) is 0 Å². The zero-order valence-electron chi connectivity index (χ0n) is 13.7. The Morgan fingerprint density at radius 1 is 0.840 bits per heavy atom. The predicted octanol–water partition coefficient (Wildman–Crippen LogP) is 6.88. The minimum Gasteiger partial charge on any atom is -0.438 e. The van der Waals surface area contributed by atoms with E-state index < -0.39 is 0 Å². The minimum atomic E-state index is 0.648. The maximum absolute atomic E-state index is 6.13. The fraction of sp³-hybridized carbons (Fsp3) is 0.0476. The molecular weight excluding hydrogens is 332 g/mol. The molecule has 1 heterocycles. The maximum Gasteiger partial charge on any atom is 0.222 e. The van der Waals surface area contributed by atoms with Gasteiger partial charge in [-0.3, -0.25) is 0 Å². The van der Waals surface area contributed by atoms with Crippen LogP contribution in [-0.4, -0.2) is 0 Å². The van der Waals surface area contributed by atoms with Crippen molar-refractivity contribution in [1.82, 2.24) is 0 Å². The van der Waals surface area contributed by atoms with Gasteiger partial charge in [-0.15, -0.1) is 0 Å². The summed E-state index contributed by atoms with van der Waals surface area (Å²) in [5, 5.41) is 8.48. The van der Waals surface area contributed by atoms with Gasteiger partial charge in [0, 0.05) is 27.8 Å². The summed E-state index contributed by atoms with van der Waals surface area (Å²) in [6, 6.07) is 23.8. The van der Waals surface area contributed by atoms with Crippen molar-refractivity contribution in [2.24, 2.45) is 0 Å². The van der Waals surface area contributed by atoms with Gasteiger partial charge in [-0.1, -0.05) is 48.0 Å². The predicted molar refractivity (Wildman–Crippen MR) is 105 cm³/mol. The molecule has 0 amide bonds. The summed E-state index contributed by atoms with van der Waals surface area (Å²) in [5.74, 6) is 0.662. The highest BCUT2D eigenvalue weighted by Crippen LogP contribution is 2.39. The Bertz CT molecular complexity index is 1020. The molecule has 0 saturated heterocycles. The molecule has 0 radical (unpaired) electrons. The van der Waals surface area contributed by atoms with E-state index in [1.807, 2.05) is 66.7 Å². The highest BCUT2D eigenvalue weighted by atomic mass is 35.5. The van der Waals surface area contributed by atoms with E-state index in [1.54, 1.807) is 0 Å². The molecule has 2 N–H and O–H groups in total. The fourth-order valence-electron chi connectivity index (χ4n) is 2.78. The van der Waals surface area contributed by atoms with Gasteiger partial charge in [0.15, 0.2) is 0 Å². The van der Waals surface area contributed by atoms with Crippen LogP contribution in [-0.2, 0) is 0 Å². The minimum absolute atomic E-state index is 0.648. The molecule has 124 valence electrons. The van der Waals surface area contributed by atoms with Crippen LogP contribution in [0, 0.1) is 6.92 Å². The van der Waals surface area contributed by atoms with Crippen molar-refractivity contribution >= 4 is 45.5 Å². The maximum atomic E-state index is 6.13. The smallest absolute Gasteiger partial charge is 0.222 e. The third-order valence-electron chi connectivity index (χ3n) is 4.09. The lowest BCUT2D eigenvalue weighted by molar-refractivity contribution is 0.635. The molecule has 0 spiro atoms. The van der Waals surface area contributed by atoms with Crippen LogP contribution in [0.5, 0.6) is 0 Å². The van der Waals surface area contributed by atoms with E-state index in [9.17, 15) is 0 Å². The Hall–Kier alpha value is -2.91. The highest BCUT2D eigenvalue weighted by molar-refractivity contribution is 6.31. The fourth-order valence-corrected chi connectivity index (χ4v) is 2.95. The Labute approximate surface area is 151 Å². The van der Waals surface area contributed by atoms with E-state index in [-0.39, 0.29) is 0 Å². The summed E-state index contributed by atoms with van der Waals surface area (Å²) in [6.07, 6.45) is 0. The molecule has 0 saturated carbocycles. The number of nitrogens with one attached hydrogen (secondary N) is 2. The van der Waals surface area contributed by atoms with Gasteiger partial charge >= 0.3 is 0 Å². The molecule has 0 aliphatic heterocycles. The summed E-state index contributed by atoms with van der Waals surface area (Å²) in [7, 11) is 0. The number of hydrogen-bond acceptors (Lipinski definition) is 3. The zero-order valence-corrected chi connectivity index (χ0v) is 14.5. The van der Waals surface area contributed by atoms with E-state index in [2.05, 4.69) is 23.6 Å². The van der Waals surface area contributed by atoms with Crippen molar-refractivity contribution < 1.29 is 4.42 Å². The Balaban J connectivity index is 1.81. The molecule has 1 aromatic heterocycles. The molecule has 0 atom stereocenters. The van der Waals surface area contributed by atoms with Gasteiger partial charge in [-0.25, -0.2) is 0 Å². The lowest BCUT2D eigenvalue weighted by Crippen LogP contribution is -1.96. The number of anilines is 4. The van der Waals surface area contributed by atoms with Gasteiger partial charge in [-0.05, 0) is 42.8 Å².